The summed E-state index contributed by atoms with van der Waals surface area (Å²) in [6.07, 6.45) is 3.18. The van der Waals surface area contributed by atoms with E-state index in [1.165, 1.54) is 11.3 Å². The molecule has 5 nitrogen and oxygen atoms in total. The van der Waals surface area contributed by atoms with Gasteiger partial charge in [-0.3, -0.25) is 0 Å². The van der Waals surface area contributed by atoms with E-state index in [9.17, 15) is 8.42 Å². The van der Waals surface area contributed by atoms with E-state index >= 15 is 0 Å². The van der Waals surface area contributed by atoms with E-state index in [-0.39, 0.29) is 23.3 Å². The number of sulfone groups is 1. The lowest BCUT2D eigenvalue weighted by Gasteiger charge is -2.23. The molecule has 6 rings (SSSR count). The minimum atomic E-state index is -3.68. The number of hydrogen-bond acceptors (Lipinski definition) is 4. The lowest BCUT2D eigenvalue weighted by molar-refractivity contribution is 0.308. The quantitative estimate of drug-likeness (QED) is 0.405. The first kappa shape index (κ1) is 23.0. The van der Waals surface area contributed by atoms with Crippen molar-refractivity contribution in [1.82, 2.24) is 9.88 Å². The Bertz CT molecular complexity index is 1450. The first-order chi connectivity index (χ1) is 16.0. The highest BCUT2D eigenvalue weighted by atomic mass is 35.5. The van der Waals surface area contributed by atoms with Crippen LogP contribution in [-0.4, -0.2) is 19.0 Å². The fourth-order valence-electron chi connectivity index (χ4n) is 5.42. The molecule has 3 aromatic carbocycles. The summed E-state index contributed by atoms with van der Waals surface area (Å²) in [6, 6.07) is 22.9. The van der Waals surface area contributed by atoms with Crippen molar-refractivity contribution in [2.45, 2.75) is 47.7 Å². The van der Waals surface area contributed by atoms with E-state index in [1.807, 2.05) is 42.5 Å². The summed E-state index contributed by atoms with van der Waals surface area (Å²) >= 11 is 0. The molecular weight excluding hydrogens is 468 g/mol. The molecule has 0 aliphatic carbocycles. The van der Waals surface area contributed by atoms with Crippen LogP contribution in [0.1, 0.15) is 35.7 Å². The Morgan fingerprint density at radius 1 is 0.971 bits per heavy atom. The number of aryl methyl sites for hydroxylation is 1. The van der Waals surface area contributed by atoms with Crippen LogP contribution in [0.2, 0.25) is 0 Å². The number of nitrogens with zero attached hydrogens (tertiary/aromatic N) is 1. The summed E-state index contributed by atoms with van der Waals surface area (Å²) in [7, 11) is -1.60. The number of aromatic nitrogens is 1. The Hall–Kier alpha value is -2.80. The van der Waals surface area contributed by atoms with E-state index < -0.39 is 9.84 Å². The number of ether oxygens (including phenoxy) is 1. The molecule has 2 unspecified atom stereocenters. The van der Waals surface area contributed by atoms with Crippen molar-refractivity contribution in [1.29, 1.82) is 0 Å². The predicted octanol–water partition coefficient (Wildman–Crippen LogP) is 5.36. The van der Waals surface area contributed by atoms with Crippen molar-refractivity contribution in [3.63, 3.8) is 0 Å². The molecule has 1 fully saturated rings. The van der Waals surface area contributed by atoms with Gasteiger partial charge in [0, 0.05) is 42.7 Å². The number of hydrogen-bond donors (Lipinski definition) is 1. The molecule has 34 heavy (non-hydrogen) atoms. The molecule has 0 spiro atoms. The van der Waals surface area contributed by atoms with E-state index in [0.717, 1.165) is 35.7 Å². The standard InChI is InChI=1S/C27H26N2O3S.ClH/c1-29-24-14-19-12-13-23(28-19)26(24)22-15-21(33(30,31)20-10-6-3-7-11-20)16-25(27(22)29)32-17-18-8-4-2-5-9-18;/h2-11,15-16,19,23,28H,12-14,17H2,1H3;1H. The summed E-state index contributed by atoms with van der Waals surface area (Å²) in [4.78, 5) is 0.569. The predicted molar refractivity (Wildman–Crippen MR) is 135 cm³/mol. The van der Waals surface area contributed by atoms with E-state index in [0.29, 0.717) is 23.3 Å². The van der Waals surface area contributed by atoms with E-state index in [4.69, 9.17) is 4.74 Å². The summed E-state index contributed by atoms with van der Waals surface area (Å²) in [5, 5.41) is 4.69. The Morgan fingerprint density at radius 3 is 2.41 bits per heavy atom. The van der Waals surface area contributed by atoms with Crippen molar-refractivity contribution in [2.24, 2.45) is 7.05 Å². The zero-order chi connectivity index (χ0) is 22.6. The van der Waals surface area contributed by atoms with E-state index in [1.54, 1.807) is 30.3 Å². The molecule has 2 aliphatic rings. The minimum absolute atomic E-state index is 0. The monoisotopic (exact) mass is 494 g/mol. The second-order valence-electron chi connectivity index (χ2n) is 9.03. The number of halogens is 1. The molecular formula is C27H27ClN2O3S. The van der Waals surface area contributed by atoms with Gasteiger partial charge in [-0.25, -0.2) is 8.42 Å². The molecule has 176 valence electrons. The Morgan fingerprint density at radius 2 is 1.68 bits per heavy atom. The molecule has 3 heterocycles. The Labute approximate surface area is 206 Å². The third kappa shape index (κ3) is 3.70. The molecule has 0 saturated carbocycles. The molecule has 4 aromatic rings. The molecule has 1 saturated heterocycles. The highest BCUT2D eigenvalue weighted by Crippen LogP contribution is 2.45. The zero-order valence-corrected chi connectivity index (χ0v) is 20.5. The summed E-state index contributed by atoms with van der Waals surface area (Å²) in [5.74, 6) is 0.610. The Kier molecular flexibility index (Phi) is 5.92. The van der Waals surface area contributed by atoms with Gasteiger partial charge in [0.1, 0.15) is 12.4 Å². The van der Waals surface area contributed by atoms with Crippen LogP contribution in [0.4, 0.5) is 0 Å². The van der Waals surface area contributed by atoms with Crippen molar-refractivity contribution in [2.75, 3.05) is 0 Å². The fraction of sp³-hybridized carbons (Fsp3) is 0.259. The maximum atomic E-state index is 13.6. The lowest BCUT2D eigenvalue weighted by Crippen LogP contribution is -2.32. The molecule has 2 aliphatic heterocycles. The Balaban J connectivity index is 0.00000241. The van der Waals surface area contributed by atoms with Crippen LogP contribution in [0.15, 0.2) is 82.6 Å². The van der Waals surface area contributed by atoms with Gasteiger partial charge in [-0.15, -0.1) is 12.4 Å². The summed E-state index contributed by atoms with van der Waals surface area (Å²) < 4.78 is 35.6. The first-order valence-corrected chi connectivity index (χ1v) is 12.9. The maximum Gasteiger partial charge on any atom is 0.206 e. The van der Waals surface area contributed by atoms with Crippen LogP contribution in [0.3, 0.4) is 0 Å². The smallest absolute Gasteiger partial charge is 0.206 e. The van der Waals surface area contributed by atoms with Gasteiger partial charge in [-0.1, -0.05) is 48.5 Å². The molecule has 7 heteroatoms. The van der Waals surface area contributed by atoms with Gasteiger partial charge in [0.15, 0.2) is 0 Å². The third-order valence-corrected chi connectivity index (χ3v) is 8.77. The highest BCUT2D eigenvalue weighted by molar-refractivity contribution is 7.91. The molecule has 1 N–H and O–H groups in total. The highest BCUT2D eigenvalue weighted by Gasteiger charge is 2.37. The normalized spacial score (nSPS) is 19.0. The first-order valence-electron chi connectivity index (χ1n) is 11.4. The molecule has 2 atom stereocenters. The number of nitrogens with one attached hydrogen (secondary N) is 1. The second kappa shape index (κ2) is 8.77. The molecule has 1 aromatic heterocycles. The van der Waals surface area contributed by atoms with Gasteiger partial charge in [-0.05, 0) is 42.2 Å². The van der Waals surface area contributed by atoms with Crippen LogP contribution in [-0.2, 0) is 29.9 Å². The van der Waals surface area contributed by atoms with Gasteiger partial charge < -0.3 is 14.6 Å². The fourth-order valence-corrected chi connectivity index (χ4v) is 6.74. The number of fused-ring (bicyclic) bond motifs is 6. The van der Waals surface area contributed by atoms with Crippen LogP contribution >= 0.6 is 12.4 Å². The number of benzene rings is 3. The minimum Gasteiger partial charge on any atom is -0.487 e. The molecule has 0 amide bonds. The van der Waals surface area contributed by atoms with E-state index in [2.05, 4.69) is 16.9 Å². The van der Waals surface area contributed by atoms with Gasteiger partial charge in [0.05, 0.1) is 15.3 Å². The van der Waals surface area contributed by atoms with Gasteiger partial charge in [0.25, 0.3) is 0 Å². The largest absolute Gasteiger partial charge is 0.487 e. The SMILES string of the molecule is Cl.Cn1c2c(c3cc(S(=O)(=O)c4ccccc4)cc(OCc4ccccc4)c31)C1CCC(C2)N1. The average molecular weight is 495 g/mol. The zero-order valence-electron chi connectivity index (χ0n) is 18.9. The molecule has 0 radical (unpaired) electrons. The van der Waals surface area contributed by atoms with Crippen LogP contribution in [0.5, 0.6) is 5.75 Å². The van der Waals surface area contributed by atoms with Crippen LogP contribution in [0.25, 0.3) is 10.9 Å². The average Bonchev–Trinajstić information content (AvgIpc) is 3.36. The molecule has 2 bridgehead atoms. The topological polar surface area (TPSA) is 60.3 Å². The van der Waals surface area contributed by atoms with Crippen LogP contribution in [0, 0.1) is 0 Å². The second-order valence-corrected chi connectivity index (χ2v) is 11.0. The van der Waals surface area contributed by atoms with Crippen molar-refractivity contribution in [3.8, 4) is 5.75 Å². The lowest BCUT2D eigenvalue weighted by atomic mass is 9.99. The van der Waals surface area contributed by atoms with Crippen molar-refractivity contribution >= 4 is 33.1 Å². The third-order valence-electron chi connectivity index (χ3n) is 7.02. The number of rotatable bonds is 5. The van der Waals surface area contributed by atoms with Crippen molar-refractivity contribution < 1.29 is 13.2 Å². The van der Waals surface area contributed by atoms with Crippen molar-refractivity contribution in [3.05, 3.63) is 89.6 Å². The van der Waals surface area contributed by atoms with Gasteiger partial charge in [0.2, 0.25) is 9.84 Å². The van der Waals surface area contributed by atoms with Gasteiger partial charge in [-0.2, -0.15) is 0 Å². The summed E-state index contributed by atoms with van der Waals surface area (Å²) in [6.45, 7) is 0.380. The van der Waals surface area contributed by atoms with Crippen LogP contribution < -0.4 is 10.1 Å². The van der Waals surface area contributed by atoms with Gasteiger partial charge >= 0.3 is 0 Å². The maximum absolute atomic E-state index is 13.6. The summed E-state index contributed by atoms with van der Waals surface area (Å²) in [5.41, 5.74) is 4.53.